The van der Waals surface area contributed by atoms with Crippen LogP contribution >= 0.6 is 0 Å². The molecule has 2 aromatic carbocycles. The highest BCUT2D eigenvalue weighted by molar-refractivity contribution is 6.06. The minimum atomic E-state index is -2.84. The molecule has 0 spiro atoms. The molecule has 0 saturated carbocycles. The number of nitrogens with zero attached hydrogens (tertiary/aromatic N) is 1. The van der Waals surface area contributed by atoms with Crippen LogP contribution in [0, 0.1) is 13.8 Å². The van der Waals surface area contributed by atoms with Crippen molar-refractivity contribution in [2.24, 2.45) is 0 Å². The van der Waals surface area contributed by atoms with E-state index in [1.165, 1.54) is 12.1 Å². The Kier molecular flexibility index (Phi) is 5.64. The maximum absolute atomic E-state index is 12.6. The average molecular weight is 370 g/mol. The molecule has 27 heavy (non-hydrogen) atoms. The summed E-state index contributed by atoms with van der Waals surface area (Å²) >= 11 is 0. The second-order valence-electron chi connectivity index (χ2n) is 6.36. The van der Waals surface area contributed by atoms with E-state index >= 15 is 0 Å². The van der Waals surface area contributed by atoms with Gasteiger partial charge in [-0.25, -0.2) is 0 Å². The Morgan fingerprint density at radius 2 is 1.85 bits per heavy atom. The Labute approximate surface area is 156 Å². The predicted octanol–water partition coefficient (Wildman–Crippen LogP) is 4.43. The molecule has 0 saturated heterocycles. The first-order valence-corrected chi connectivity index (χ1v) is 8.62. The lowest BCUT2D eigenvalue weighted by Gasteiger charge is -2.10. The largest absolute Gasteiger partial charge is 0.435 e. The van der Waals surface area contributed by atoms with Gasteiger partial charge in [0.2, 0.25) is 0 Å². The standard InChI is InChI=1S/C21H20F2N2O2/c1-13-3-8-19-17(11-13)18(12-14(2)25-19)20(26)24-10-9-15-4-6-16(7-5-15)27-21(22)23/h3-8,11-12,21H,9-10H2,1-2H3,(H,24,26). The van der Waals surface area contributed by atoms with Gasteiger partial charge in [-0.15, -0.1) is 0 Å². The first-order valence-electron chi connectivity index (χ1n) is 8.62. The van der Waals surface area contributed by atoms with Gasteiger partial charge in [0.15, 0.2) is 0 Å². The second kappa shape index (κ2) is 8.12. The molecular weight excluding hydrogens is 350 g/mol. The SMILES string of the molecule is Cc1ccc2nc(C)cc(C(=O)NCCc3ccc(OC(F)F)cc3)c2c1. The highest BCUT2D eigenvalue weighted by Crippen LogP contribution is 2.20. The molecule has 0 aliphatic rings. The molecule has 0 aliphatic heterocycles. The molecule has 0 aliphatic carbocycles. The third-order valence-corrected chi connectivity index (χ3v) is 4.18. The van der Waals surface area contributed by atoms with E-state index < -0.39 is 6.61 Å². The minimum absolute atomic E-state index is 0.117. The monoisotopic (exact) mass is 370 g/mol. The van der Waals surface area contributed by atoms with E-state index in [0.717, 1.165) is 27.7 Å². The Balaban J connectivity index is 1.66. The number of carbonyl (C=O) groups is 1. The summed E-state index contributed by atoms with van der Waals surface area (Å²) in [6.45, 7) is 1.43. The van der Waals surface area contributed by atoms with E-state index in [2.05, 4.69) is 15.0 Å². The number of hydrogen-bond acceptors (Lipinski definition) is 3. The van der Waals surface area contributed by atoms with E-state index in [0.29, 0.717) is 18.5 Å². The fourth-order valence-electron chi connectivity index (χ4n) is 2.91. The van der Waals surface area contributed by atoms with Crippen molar-refractivity contribution >= 4 is 16.8 Å². The maximum atomic E-state index is 12.6. The number of fused-ring (bicyclic) bond motifs is 1. The third kappa shape index (κ3) is 4.78. The van der Waals surface area contributed by atoms with Crippen LogP contribution in [0.1, 0.15) is 27.2 Å². The smallest absolute Gasteiger partial charge is 0.387 e. The number of hydrogen-bond donors (Lipinski definition) is 1. The van der Waals surface area contributed by atoms with Gasteiger partial charge in [-0.1, -0.05) is 23.8 Å². The van der Waals surface area contributed by atoms with E-state index in [-0.39, 0.29) is 11.7 Å². The summed E-state index contributed by atoms with van der Waals surface area (Å²) in [5.41, 5.74) is 4.16. The molecule has 1 amide bonds. The molecule has 3 rings (SSSR count). The molecule has 0 fully saturated rings. The molecule has 0 bridgehead atoms. The minimum Gasteiger partial charge on any atom is -0.435 e. The number of amides is 1. The van der Waals surface area contributed by atoms with Crippen LogP contribution in [0.15, 0.2) is 48.5 Å². The Morgan fingerprint density at radius 1 is 1.11 bits per heavy atom. The first-order chi connectivity index (χ1) is 12.9. The van der Waals surface area contributed by atoms with E-state index in [1.54, 1.807) is 18.2 Å². The molecule has 0 radical (unpaired) electrons. The molecule has 140 valence electrons. The quantitative estimate of drug-likeness (QED) is 0.699. The fraction of sp³-hybridized carbons (Fsp3) is 0.238. The number of nitrogens with one attached hydrogen (secondary N) is 1. The van der Waals surface area contributed by atoms with Crippen molar-refractivity contribution in [2.45, 2.75) is 26.9 Å². The number of benzene rings is 2. The van der Waals surface area contributed by atoms with Crippen LogP contribution in [0.25, 0.3) is 10.9 Å². The van der Waals surface area contributed by atoms with Gasteiger partial charge in [0.1, 0.15) is 5.75 Å². The van der Waals surface area contributed by atoms with E-state index in [1.807, 2.05) is 32.0 Å². The summed E-state index contributed by atoms with van der Waals surface area (Å²) in [5.74, 6) is -0.0411. The van der Waals surface area contributed by atoms with Crippen LogP contribution < -0.4 is 10.1 Å². The fourth-order valence-corrected chi connectivity index (χ4v) is 2.91. The Hall–Kier alpha value is -3.02. The molecule has 3 aromatic rings. The van der Waals surface area contributed by atoms with Crippen molar-refractivity contribution in [2.75, 3.05) is 6.54 Å². The van der Waals surface area contributed by atoms with Crippen molar-refractivity contribution in [1.29, 1.82) is 0 Å². The van der Waals surface area contributed by atoms with Crippen molar-refractivity contribution in [3.8, 4) is 5.75 Å². The molecule has 4 nitrogen and oxygen atoms in total. The number of rotatable bonds is 6. The van der Waals surface area contributed by atoms with Gasteiger partial charge in [-0.2, -0.15) is 8.78 Å². The van der Waals surface area contributed by atoms with Crippen LogP contribution in [0.4, 0.5) is 8.78 Å². The van der Waals surface area contributed by atoms with Crippen molar-refractivity contribution in [3.63, 3.8) is 0 Å². The van der Waals surface area contributed by atoms with Crippen LogP contribution in [0.5, 0.6) is 5.75 Å². The molecule has 1 heterocycles. The highest BCUT2D eigenvalue weighted by Gasteiger charge is 2.12. The normalized spacial score (nSPS) is 11.0. The number of aromatic nitrogens is 1. The molecule has 6 heteroatoms. The lowest BCUT2D eigenvalue weighted by atomic mass is 10.0. The summed E-state index contributed by atoms with van der Waals surface area (Å²) in [7, 11) is 0. The van der Waals surface area contributed by atoms with Gasteiger partial charge < -0.3 is 10.1 Å². The van der Waals surface area contributed by atoms with E-state index in [9.17, 15) is 13.6 Å². The summed E-state index contributed by atoms with van der Waals surface area (Å²) in [6, 6.07) is 14.0. The Morgan fingerprint density at radius 3 is 2.56 bits per heavy atom. The van der Waals surface area contributed by atoms with Gasteiger partial charge in [0, 0.05) is 17.6 Å². The number of aryl methyl sites for hydroxylation is 2. The van der Waals surface area contributed by atoms with Gasteiger partial charge in [-0.05, 0) is 56.2 Å². The summed E-state index contributed by atoms with van der Waals surface area (Å²) in [4.78, 5) is 17.1. The predicted molar refractivity (Wildman–Crippen MR) is 100 cm³/mol. The zero-order chi connectivity index (χ0) is 19.4. The summed E-state index contributed by atoms with van der Waals surface area (Å²) in [6.07, 6.45) is 0.585. The van der Waals surface area contributed by atoms with Crippen LogP contribution in [-0.2, 0) is 6.42 Å². The van der Waals surface area contributed by atoms with Crippen molar-refractivity contribution < 1.29 is 18.3 Å². The van der Waals surface area contributed by atoms with Gasteiger partial charge >= 0.3 is 6.61 Å². The number of ether oxygens (including phenoxy) is 1. The Bertz CT molecular complexity index is 956. The van der Waals surface area contributed by atoms with Crippen LogP contribution in [0.2, 0.25) is 0 Å². The first kappa shape index (κ1) is 18.8. The number of halogens is 2. The van der Waals surface area contributed by atoms with Crippen molar-refractivity contribution in [3.05, 3.63) is 70.9 Å². The summed E-state index contributed by atoms with van der Waals surface area (Å²) < 4.78 is 28.7. The van der Waals surface area contributed by atoms with Gasteiger partial charge in [-0.3, -0.25) is 9.78 Å². The molecular formula is C21H20F2N2O2. The molecule has 1 N–H and O–H groups in total. The lowest BCUT2D eigenvalue weighted by Crippen LogP contribution is -2.26. The zero-order valence-corrected chi connectivity index (χ0v) is 15.1. The second-order valence-corrected chi connectivity index (χ2v) is 6.36. The summed E-state index contributed by atoms with van der Waals surface area (Å²) in [5, 5.41) is 3.74. The van der Waals surface area contributed by atoms with E-state index in [4.69, 9.17) is 0 Å². The van der Waals surface area contributed by atoms with Gasteiger partial charge in [0.05, 0.1) is 11.1 Å². The zero-order valence-electron chi connectivity index (χ0n) is 15.1. The van der Waals surface area contributed by atoms with Crippen LogP contribution in [-0.4, -0.2) is 24.0 Å². The van der Waals surface area contributed by atoms with Crippen LogP contribution in [0.3, 0.4) is 0 Å². The molecule has 0 unspecified atom stereocenters. The average Bonchev–Trinajstić information content (AvgIpc) is 2.62. The number of alkyl halides is 2. The van der Waals surface area contributed by atoms with Gasteiger partial charge in [0.25, 0.3) is 5.91 Å². The lowest BCUT2D eigenvalue weighted by molar-refractivity contribution is -0.0498. The van der Waals surface area contributed by atoms with Crippen molar-refractivity contribution in [1.82, 2.24) is 10.3 Å². The molecule has 1 aromatic heterocycles. The third-order valence-electron chi connectivity index (χ3n) is 4.18. The topological polar surface area (TPSA) is 51.2 Å². The molecule has 0 atom stereocenters. The number of pyridine rings is 1. The number of carbonyl (C=O) groups excluding carboxylic acids is 1. The highest BCUT2D eigenvalue weighted by atomic mass is 19.3. The maximum Gasteiger partial charge on any atom is 0.387 e.